The Morgan fingerprint density at radius 1 is 0.949 bits per heavy atom. The number of anilines is 4. The molecule has 2 aromatic heterocycles. The lowest BCUT2D eigenvalue weighted by atomic mass is 10.1. The number of aromatic nitrogens is 3. The molecule has 0 aliphatic rings. The van der Waals surface area contributed by atoms with Crippen LogP contribution < -0.4 is 21.1 Å². The van der Waals surface area contributed by atoms with Crippen molar-refractivity contribution in [2.24, 2.45) is 0 Å². The zero-order valence-electron chi connectivity index (χ0n) is 21.8. The molecule has 0 unspecified atom stereocenters. The molecular formula is C30H28N6O2S. The first-order chi connectivity index (χ1) is 18.9. The molecule has 2 heterocycles. The summed E-state index contributed by atoms with van der Waals surface area (Å²) in [6.45, 7) is 4.19. The monoisotopic (exact) mass is 536 g/mol. The van der Waals surface area contributed by atoms with E-state index in [-0.39, 0.29) is 11.8 Å². The highest BCUT2D eigenvalue weighted by Crippen LogP contribution is 2.37. The number of nitrogens with two attached hydrogens (primary N) is 1. The van der Waals surface area contributed by atoms with Crippen LogP contribution in [-0.2, 0) is 0 Å². The number of fused-ring (bicyclic) bond motifs is 1. The number of rotatable bonds is 8. The first-order valence-corrected chi connectivity index (χ1v) is 13.2. The molecule has 5 aromatic rings. The number of nitrogens with zero attached hydrogens (tertiary/aromatic N) is 3. The summed E-state index contributed by atoms with van der Waals surface area (Å²) in [5.74, 6) is 1.37. The van der Waals surface area contributed by atoms with Gasteiger partial charge in [0.25, 0.3) is 5.91 Å². The molecule has 0 aliphatic carbocycles. The van der Waals surface area contributed by atoms with E-state index in [1.165, 1.54) is 6.33 Å². The molecule has 3 aromatic carbocycles. The second-order valence-corrected chi connectivity index (χ2v) is 10.3. The second kappa shape index (κ2) is 11.4. The summed E-state index contributed by atoms with van der Waals surface area (Å²) in [4.78, 5) is 28.7. The number of carbonyl (C=O) groups excluding carboxylic acids is 1. The summed E-state index contributed by atoms with van der Waals surface area (Å²) >= 11 is 1.56. The van der Waals surface area contributed by atoms with E-state index in [1.807, 2.05) is 48.5 Å². The third kappa shape index (κ3) is 6.10. The Labute approximate surface area is 231 Å². The molecule has 4 N–H and O–H groups in total. The fourth-order valence-corrected chi connectivity index (χ4v) is 4.79. The number of hydrogen-bond acceptors (Lipinski definition) is 8. The Kier molecular flexibility index (Phi) is 7.60. The molecule has 0 saturated heterocycles. The van der Waals surface area contributed by atoms with Crippen LogP contribution in [0.15, 0.2) is 95.0 Å². The molecule has 1 amide bonds. The Hall–Kier alpha value is -4.63. The van der Waals surface area contributed by atoms with Crippen LogP contribution in [0.5, 0.6) is 5.75 Å². The lowest BCUT2D eigenvalue weighted by Gasteiger charge is -2.15. The zero-order valence-corrected chi connectivity index (χ0v) is 22.6. The van der Waals surface area contributed by atoms with Gasteiger partial charge in [0.05, 0.1) is 18.2 Å². The number of nitrogens with one attached hydrogen (secondary N) is 2. The summed E-state index contributed by atoms with van der Waals surface area (Å²) in [6.07, 6.45) is 1.49. The Bertz CT molecular complexity index is 1620. The quantitative estimate of drug-likeness (QED) is 0.184. The van der Waals surface area contributed by atoms with Crippen molar-refractivity contribution in [3.05, 3.63) is 96.4 Å². The number of amides is 1. The number of hydrogen-bond donors (Lipinski definition) is 3. The van der Waals surface area contributed by atoms with Gasteiger partial charge in [0.1, 0.15) is 17.9 Å². The molecule has 0 radical (unpaired) electrons. The van der Waals surface area contributed by atoms with Crippen LogP contribution in [0, 0.1) is 0 Å². The second-order valence-electron chi connectivity index (χ2n) is 9.17. The maximum Gasteiger partial charge on any atom is 0.255 e. The van der Waals surface area contributed by atoms with E-state index in [0.29, 0.717) is 28.4 Å². The molecule has 0 fully saturated rings. The lowest BCUT2D eigenvalue weighted by molar-refractivity contribution is 0.102. The predicted octanol–water partition coefficient (Wildman–Crippen LogP) is 6.89. The molecule has 9 heteroatoms. The molecular weight excluding hydrogens is 508 g/mol. The average molecular weight is 537 g/mol. The van der Waals surface area contributed by atoms with E-state index in [1.54, 1.807) is 49.2 Å². The highest BCUT2D eigenvalue weighted by molar-refractivity contribution is 7.99. The fraction of sp³-hybridized carbons (Fsp3) is 0.133. The van der Waals surface area contributed by atoms with E-state index in [0.717, 1.165) is 32.3 Å². The summed E-state index contributed by atoms with van der Waals surface area (Å²) < 4.78 is 5.20. The van der Waals surface area contributed by atoms with Gasteiger partial charge in [-0.2, -0.15) is 0 Å². The first-order valence-electron chi connectivity index (χ1n) is 12.4. The van der Waals surface area contributed by atoms with Crippen molar-refractivity contribution in [3.8, 4) is 5.75 Å². The highest BCUT2D eigenvalue weighted by atomic mass is 32.2. The minimum absolute atomic E-state index is 0.233. The Morgan fingerprint density at radius 2 is 1.72 bits per heavy atom. The van der Waals surface area contributed by atoms with Gasteiger partial charge in [0, 0.05) is 32.4 Å². The van der Waals surface area contributed by atoms with Crippen LogP contribution in [-0.4, -0.2) is 28.0 Å². The lowest BCUT2D eigenvalue weighted by Crippen LogP contribution is -2.12. The van der Waals surface area contributed by atoms with E-state index < -0.39 is 0 Å². The summed E-state index contributed by atoms with van der Waals surface area (Å²) in [6, 6.07) is 24.4. The van der Waals surface area contributed by atoms with Crippen LogP contribution in [0.2, 0.25) is 0 Å². The number of methoxy groups -OCH3 is 1. The van der Waals surface area contributed by atoms with Crippen LogP contribution in [0.3, 0.4) is 0 Å². The van der Waals surface area contributed by atoms with E-state index in [2.05, 4.69) is 34.4 Å². The van der Waals surface area contributed by atoms with Gasteiger partial charge in [-0.05, 0) is 84.8 Å². The zero-order chi connectivity index (χ0) is 27.4. The van der Waals surface area contributed by atoms with Crippen molar-refractivity contribution in [1.29, 1.82) is 0 Å². The Balaban J connectivity index is 1.50. The molecule has 8 nitrogen and oxygen atoms in total. The molecule has 0 spiro atoms. The SMILES string of the molecule is COc1ccc(NC(=O)c2ccc(Sc3ccc(N)cc3)c(Nc3ncnc4nc(C(C)C)ccc34)c2)cc1. The van der Waals surface area contributed by atoms with E-state index in [4.69, 9.17) is 15.5 Å². The Morgan fingerprint density at radius 3 is 2.44 bits per heavy atom. The number of benzene rings is 3. The van der Waals surface area contributed by atoms with Gasteiger partial charge in [0.2, 0.25) is 0 Å². The maximum atomic E-state index is 13.2. The average Bonchev–Trinajstić information content (AvgIpc) is 2.95. The van der Waals surface area contributed by atoms with Gasteiger partial charge >= 0.3 is 0 Å². The van der Waals surface area contributed by atoms with Crippen molar-refractivity contribution in [1.82, 2.24) is 15.0 Å². The van der Waals surface area contributed by atoms with Gasteiger partial charge in [0.15, 0.2) is 5.65 Å². The van der Waals surface area contributed by atoms with Crippen LogP contribution in [0.4, 0.5) is 22.9 Å². The van der Waals surface area contributed by atoms with Crippen molar-refractivity contribution < 1.29 is 9.53 Å². The van der Waals surface area contributed by atoms with E-state index >= 15 is 0 Å². The minimum Gasteiger partial charge on any atom is -0.497 e. The van der Waals surface area contributed by atoms with Crippen molar-refractivity contribution in [2.75, 3.05) is 23.5 Å². The summed E-state index contributed by atoms with van der Waals surface area (Å²) in [5, 5.41) is 7.17. The van der Waals surface area contributed by atoms with Crippen LogP contribution >= 0.6 is 11.8 Å². The van der Waals surface area contributed by atoms with Gasteiger partial charge in [-0.15, -0.1) is 0 Å². The molecule has 0 bridgehead atoms. The number of nitrogen functional groups attached to an aromatic ring is 1. The highest BCUT2D eigenvalue weighted by Gasteiger charge is 2.15. The van der Waals surface area contributed by atoms with Crippen LogP contribution in [0.25, 0.3) is 11.0 Å². The molecule has 0 aliphatic heterocycles. The standard InChI is InChI=1S/C30H28N6O2S/c1-18(2)25-14-13-24-28(35-25)32-17-33-29(24)36-26-16-19(30(37)34-21-7-9-22(38-3)10-8-21)4-15-27(26)39-23-11-5-20(31)6-12-23/h4-18H,31H2,1-3H3,(H,34,37)(H,32,33,35,36). The third-order valence-corrected chi connectivity index (χ3v) is 7.14. The molecule has 0 atom stereocenters. The first kappa shape index (κ1) is 26.0. The van der Waals surface area contributed by atoms with Gasteiger partial charge in [-0.3, -0.25) is 4.79 Å². The van der Waals surface area contributed by atoms with Gasteiger partial charge < -0.3 is 21.1 Å². The summed E-state index contributed by atoms with van der Waals surface area (Å²) in [7, 11) is 1.60. The minimum atomic E-state index is -0.233. The third-order valence-electron chi connectivity index (χ3n) is 6.06. The fourth-order valence-electron chi connectivity index (χ4n) is 3.90. The van der Waals surface area contributed by atoms with E-state index in [9.17, 15) is 4.79 Å². The molecule has 39 heavy (non-hydrogen) atoms. The molecule has 5 rings (SSSR count). The van der Waals surface area contributed by atoms with Crippen molar-refractivity contribution >= 4 is 51.6 Å². The predicted molar refractivity (Wildman–Crippen MR) is 157 cm³/mol. The smallest absolute Gasteiger partial charge is 0.255 e. The van der Waals surface area contributed by atoms with Gasteiger partial charge in [-0.1, -0.05) is 25.6 Å². The number of pyridine rings is 1. The number of ether oxygens (including phenoxy) is 1. The van der Waals surface area contributed by atoms with Crippen molar-refractivity contribution in [3.63, 3.8) is 0 Å². The summed E-state index contributed by atoms with van der Waals surface area (Å²) in [5.41, 5.74) is 10.0. The molecule has 0 saturated carbocycles. The number of carbonyl (C=O) groups is 1. The van der Waals surface area contributed by atoms with Crippen molar-refractivity contribution in [2.45, 2.75) is 29.6 Å². The maximum absolute atomic E-state index is 13.2. The normalized spacial score (nSPS) is 11.0. The topological polar surface area (TPSA) is 115 Å². The van der Waals surface area contributed by atoms with Gasteiger partial charge in [-0.25, -0.2) is 15.0 Å². The largest absolute Gasteiger partial charge is 0.497 e. The van der Waals surface area contributed by atoms with Crippen LogP contribution in [0.1, 0.15) is 35.8 Å². The molecule has 196 valence electrons.